The van der Waals surface area contributed by atoms with Crippen LogP contribution in [0.15, 0.2) is 37.1 Å². The molecule has 6 nitrogen and oxygen atoms in total. The van der Waals surface area contributed by atoms with Crippen molar-refractivity contribution in [1.82, 2.24) is 23.9 Å². The molecule has 0 aliphatic carbocycles. The van der Waals surface area contributed by atoms with Gasteiger partial charge in [0, 0.05) is 30.2 Å². The third-order valence-corrected chi connectivity index (χ3v) is 4.01. The molecule has 0 amide bonds. The molecule has 0 saturated heterocycles. The predicted octanol–water partition coefficient (Wildman–Crippen LogP) is 0.932. The topological polar surface area (TPSA) is 51.9 Å². The molecular formula is C14H11N6+. The van der Waals surface area contributed by atoms with Crippen LogP contribution >= 0.6 is 0 Å². The van der Waals surface area contributed by atoms with Crippen LogP contribution in [0, 0.1) is 0 Å². The molecule has 0 unspecified atom stereocenters. The molecular weight excluding hydrogens is 252 g/mol. The molecule has 0 spiro atoms. The molecule has 5 heterocycles. The van der Waals surface area contributed by atoms with Gasteiger partial charge >= 0.3 is 0 Å². The smallest absolute Gasteiger partial charge is 0.264 e. The summed E-state index contributed by atoms with van der Waals surface area (Å²) in [4.78, 5) is 13.1. The van der Waals surface area contributed by atoms with Gasteiger partial charge in [-0.3, -0.25) is 4.98 Å². The van der Waals surface area contributed by atoms with E-state index in [1.165, 1.54) is 17.0 Å². The molecule has 0 saturated carbocycles. The van der Waals surface area contributed by atoms with Gasteiger partial charge in [0.2, 0.25) is 11.5 Å². The van der Waals surface area contributed by atoms with Crippen LogP contribution in [-0.4, -0.2) is 23.9 Å². The second kappa shape index (κ2) is 3.22. The predicted molar refractivity (Wildman–Crippen MR) is 72.0 cm³/mol. The highest BCUT2D eigenvalue weighted by molar-refractivity contribution is 5.76. The summed E-state index contributed by atoms with van der Waals surface area (Å²) < 4.78 is 6.47. The number of aryl methyl sites for hydroxylation is 1. The van der Waals surface area contributed by atoms with Gasteiger partial charge in [0.05, 0.1) is 19.2 Å². The lowest BCUT2D eigenvalue weighted by Crippen LogP contribution is -2.32. The van der Waals surface area contributed by atoms with Crippen LogP contribution in [0.2, 0.25) is 0 Å². The summed E-state index contributed by atoms with van der Waals surface area (Å²) in [6.07, 6.45) is 7.37. The molecule has 0 N–H and O–H groups in total. The van der Waals surface area contributed by atoms with E-state index in [-0.39, 0.29) is 0 Å². The Morgan fingerprint density at radius 3 is 3.05 bits per heavy atom. The number of nitrogens with zero attached hydrogens (tertiary/aromatic N) is 6. The van der Waals surface area contributed by atoms with Crippen LogP contribution < -0.4 is 4.57 Å². The lowest BCUT2D eigenvalue weighted by Gasteiger charge is -1.95. The van der Waals surface area contributed by atoms with Crippen LogP contribution in [0.25, 0.3) is 28.3 Å². The Morgan fingerprint density at radius 2 is 2.10 bits per heavy atom. The fourth-order valence-electron chi connectivity index (χ4n) is 3.15. The average molecular weight is 263 g/mol. The van der Waals surface area contributed by atoms with Crippen LogP contribution in [0.1, 0.15) is 5.56 Å². The van der Waals surface area contributed by atoms with E-state index < -0.39 is 0 Å². The second-order valence-corrected chi connectivity index (χ2v) is 5.07. The van der Waals surface area contributed by atoms with Crippen LogP contribution in [-0.2, 0) is 13.6 Å². The number of pyridine rings is 1. The molecule has 0 radical (unpaired) electrons. The molecule has 0 bridgehead atoms. The SMILES string of the molecule is Cn1c2[n+](c3c1nc1ccncn13)Cc1cnccc1-2. The Balaban J connectivity index is 1.99. The van der Waals surface area contributed by atoms with Crippen molar-refractivity contribution in [1.29, 1.82) is 0 Å². The Kier molecular flexibility index (Phi) is 1.62. The van der Waals surface area contributed by atoms with Crippen LogP contribution in [0.4, 0.5) is 0 Å². The number of rotatable bonds is 0. The number of imidazole rings is 2. The van der Waals surface area contributed by atoms with Crippen LogP contribution in [0.5, 0.6) is 0 Å². The lowest BCUT2D eigenvalue weighted by molar-refractivity contribution is -0.648. The van der Waals surface area contributed by atoms with Gasteiger partial charge in [-0.2, -0.15) is 9.38 Å². The fraction of sp³-hybridized carbons (Fsp3) is 0.143. The summed E-state index contributed by atoms with van der Waals surface area (Å²) in [6.45, 7) is 0.832. The molecule has 0 fully saturated rings. The van der Waals surface area contributed by atoms with Crippen molar-refractivity contribution in [3.63, 3.8) is 0 Å². The van der Waals surface area contributed by atoms with Crippen molar-refractivity contribution in [3.05, 3.63) is 42.6 Å². The van der Waals surface area contributed by atoms with Gasteiger partial charge in [-0.1, -0.05) is 0 Å². The minimum Gasteiger partial charge on any atom is -0.264 e. The van der Waals surface area contributed by atoms with Crippen molar-refractivity contribution >= 4 is 16.9 Å². The highest BCUT2D eigenvalue weighted by Crippen LogP contribution is 2.29. The monoisotopic (exact) mass is 263 g/mol. The van der Waals surface area contributed by atoms with E-state index in [0.717, 1.165) is 23.5 Å². The van der Waals surface area contributed by atoms with Gasteiger partial charge in [0.25, 0.3) is 11.3 Å². The third-order valence-electron chi connectivity index (χ3n) is 4.01. The highest BCUT2D eigenvalue weighted by Gasteiger charge is 2.33. The van der Waals surface area contributed by atoms with Gasteiger partial charge < -0.3 is 0 Å². The lowest BCUT2D eigenvalue weighted by atomic mass is 10.2. The van der Waals surface area contributed by atoms with E-state index in [1.807, 2.05) is 29.2 Å². The number of hydrogen-bond acceptors (Lipinski definition) is 3. The quantitative estimate of drug-likeness (QED) is 0.391. The van der Waals surface area contributed by atoms with E-state index >= 15 is 0 Å². The first-order chi connectivity index (χ1) is 9.84. The Hall–Kier alpha value is -2.76. The molecule has 20 heavy (non-hydrogen) atoms. The van der Waals surface area contributed by atoms with E-state index in [1.54, 1.807) is 6.20 Å². The molecule has 1 aliphatic heterocycles. The van der Waals surface area contributed by atoms with E-state index in [2.05, 4.69) is 32.2 Å². The zero-order chi connectivity index (χ0) is 13.3. The molecule has 6 heteroatoms. The molecule has 0 atom stereocenters. The minimum atomic E-state index is 0.832. The minimum absolute atomic E-state index is 0.832. The van der Waals surface area contributed by atoms with Gasteiger partial charge in [-0.15, -0.1) is 0 Å². The molecule has 4 aromatic rings. The van der Waals surface area contributed by atoms with Crippen molar-refractivity contribution < 1.29 is 4.57 Å². The van der Waals surface area contributed by atoms with Gasteiger partial charge in [0.15, 0.2) is 6.33 Å². The number of aromatic nitrogens is 6. The summed E-state index contributed by atoms with van der Waals surface area (Å²) in [5, 5.41) is 0. The molecule has 96 valence electrons. The molecule has 0 aromatic carbocycles. The zero-order valence-electron chi connectivity index (χ0n) is 10.9. The van der Waals surface area contributed by atoms with E-state index in [9.17, 15) is 0 Å². The van der Waals surface area contributed by atoms with E-state index in [4.69, 9.17) is 4.98 Å². The summed E-state index contributed by atoms with van der Waals surface area (Å²) in [6, 6.07) is 3.99. The third kappa shape index (κ3) is 1.01. The Morgan fingerprint density at radius 1 is 1.20 bits per heavy atom. The normalized spacial score (nSPS) is 13.1. The summed E-state index contributed by atoms with van der Waals surface area (Å²) in [5.41, 5.74) is 5.47. The number of fused-ring (bicyclic) bond motifs is 7. The first-order valence-corrected chi connectivity index (χ1v) is 6.48. The maximum Gasteiger partial charge on any atom is 0.296 e. The fourth-order valence-corrected chi connectivity index (χ4v) is 3.15. The average Bonchev–Trinajstić information content (AvgIpc) is 3.10. The maximum absolute atomic E-state index is 4.70. The second-order valence-electron chi connectivity index (χ2n) is 5.07. The standard InChI is InChI=1S/C14H11N6/c1-18-12-14(20-8-16-5-3-11(20)17-12)19-7-9-6-15-4-2-10(9)13(18)19/h2-6,8H,7H2,1H3/q+1. The largest absolute Gasteiger partial charge is 0.296 e. The molecule has 4 aromatic heterocycles. The van der Waals surface area contributed by atoms with Gasteiger partial charge in [0.1, 0.15) is 0 Å². The van der Waals surface area contributed by atoms with Crippen LogP contribution in [0.3, 0.4) is 0 Å². The highest BCUT2D eigenvalue weighted by atomic mass is 15.3. The van der Waals surface area contributed by atoms with Crippen molar-refractivity contribution in [3.8, 4) is 11.4 Å². The maximum atomic E-state index is 4.70. The first-order valence-electron chi connectivity index (χ1n) is 6.48. The molecule has 5 rings (SSSR count). The Labute approximate surface area is 114 Å². The van der Waals surface area contributed by atoms with Crippen molar-refractivity contribution in [2.24, 2.45) is 7.05 Å². The van der Waals surface area contributed by atoms with E-state index in [0.29, 0.717) is 0 Å². The van der Waals surface area contributed by atoms with Crippen molar-refractivity contribution in [2.45, 2.75) is 6.54 Å². The van der Waals surface area contributed by atoms with Gasteiger partial charge in [-0.05, 0) is 6.07 Å². The van der Waals surface area contributed by atoms with Gasteiger partial charge in [-0.25, -0.2) is 14.1 Å². The summed E-state index contributed by atoms with van der Waals surface area (Å²) in [5.74, 6) is 1.18. The summed E-state index contributed by atoms with van der Waals surface area (Å²) in [7, 11) is 2.06. The number of hydrogen-bond donors (Lipinski definition) is 0. The molecule has 1 aliphatic rings. The zero-order valence-corrected chi connectivity index (χ0v) is 10.9. The summed E-state index contributed by atoms with van der Waals surface area (Å²) >= 11 is 0. The first kappa shape index (κ1) is 10.1. The Bertz CT molecular complexity index is 994. The van der Waals surface area contributed by atoms with Crippen molar-refractivity contribution in [2.75, 3.05) is 0 Å².